The van der Waals surface area contributed by atoms with Gasteiger partial charge in [0, 0.05) is 32.7 Å². The van der Waals surface area contributed by atoms with Crippen molar-refractivity contribution in [2.75, 3.05) is 32.7 Å². The van der Waals surface area contributed by atoms with Gasteiger partial charge in [0.1, 0.15) is 0 Å². The van der Waals surface area contributed by atoms with E-state index in [0.717, 1.165) is 32.7 Å². The van der Waals surface area contributed by atoms with Crippen molar-refractivity contribution < 1.29 is 0 Å². The third-order valence-corrected chi connectivity index (χ3v) is 3.37. The number of hydrogen-bond acceptors (Lipinski definition) is 3. The van der Waals surface area contributed by atoms with Crippen LogP contribution in [0.25, 0.3) is 0 Å². The van der Waals surface area contributed by atoms with Gasteiger partial charge in [0.05, 0.1) is 12.0 Å². The Hall–Kier alpha value is -1.37. The zero-order valence-corrected chi connectivity index (χ0v) is 10.3. The van der Waals surface area contributed by atoms with Gasteiger partial charge in [-0.2, -0.15) is 5.26 Å². The van der Waals surface area contributed by atoms with Gasteiger partial charge >= 0.3 is 0 Å². The fraction of sp³-hybridized carbons (Fsp3) is 0.500. The summed E-state index contributed by atoms with van der Waals surface area (Å²) < 4.78 is 0. The quantitative estimate of drug-likeness (QED) is 0.854. The minimum absolute atomic E-state index is 0.00528. The molecule has 0 saturated carbocycles. The van der Waals surface area contributed by atoms with Gasteiger partial charge in [-0.15, -0.1) is 0 Å². The normalized spacial score (nSPS) is 18.6. The van der Waals surface area contributed by atoms with E-state index < -0.39 is 0 Å². The molecule has 0 amide bonds. The number of benzene rings is 1. The largest absolute Gasteiger partial charge is 0.314 e. The molecule has 3 nitrogen and oxygen atoms in total. The molecule has 1 unspecified atom stereocenters. The van der Waals surface area contributed by atoms with E-state index >= 15 is 0 Å². The van der Waals surface area contributed by atoms with Crippen LogP contribution < -0.4 is 5.32 Å². The monoisotopic (exact) mass is 229 g/mol. The molecular formula is C14H19N3. The van der Waals surface area contributed by atoms with Crippen LogP contribution in [0.15, 0.2) is 24.3 Å². The van der Waals surface area contributed by atoms with Crippen LogP contribution in [0, 0.1) is 18.3 Å². The van der Waals surface area contributed by atoms with Gasteiger partial charge in [-0.25, -0.2) is 0 Å². The van der Waals surface area contributed by atoms with Crippen molar-refractivity contribution in [2.24, 2.45) is 0 Å². The van der Waals surface area contributed by atoms with Crippen LogP contribution in [0.2, 0.25) is 0 Å². The number of hydrogen-bond donors (Lipinski definition) is 1. The lowest BCUT2D eigenvalue weighted by atomic mass is 9.95. The summed E-state index contributed by atoms with van der Waals surface area (Å²) in [5, 5.41) is 12.7. The van der Waals surface area contributed by atoms with Crippen molar-refractivity contribution in [3.05, 3.63) is 35.4 Å². The molecule has 0 aliphatic carbocycles. The molecule has 0 radical (unpaired) electrons. The Morgan fingerprint density at radius 1 is 1.35 bits per heavy atom. The number of piperazine rings is 1. The van der Waals surface area contributed by atoms with Crippen LogP contribution in [-0.2, 0) is 0 Å². The molecule has 1 aliphatic rings. The molecule has 1 saturated heterocycles. The van der Waals surface area contributed by atoms with Gasteiger partial charge in [-0.3, -0.25) is 4.90 Å². The Kier molecular flexibility index (Phi) is 4.13. The average Bonchev–Trinajstić information content (AvgIpc) is 2.38. The van der Waals surface area contributed by atoms with Gasteiger partial charge in [0.25, 0.3) is 0 Å². The summed E-state index contributed by atoms with van der Waals surface area (Å²) in [6.07, 6.45) is 0. The van der Waals surface area contributed by atoms with Gasteiger partial charge < -0.3 is 5.32 Å². The van der Waals surface area contributed by atoms with E-state index in [4.69, 9.17) is 0 Å². The van der Waals surface area contributed by atoms with Crippen LogP contribution in [0.3, 0.4) is 0 Å². The molecule has 1 aromatic carbocycles. The summed E-state index contributed by atoms with van der Waals surface area (Å²) in [7, 11) is 0. The third kappa shape index (κ3) is 3.06. The molecule has 3 heteroatoms. The molecule has 0 aromatic heterocycles. The highest BCUT2D eigenvalue weighted by molar-refractivity contribution is 5.33. The summed E-state index contributed by atoms with van der Waals surface area (Å²) in [6.45, 7) is 7.09. The molecule has 90 valence electrons. The van der Waals surface area contributed by atoms with Crippen molar-refractivity contribution in [1.82, 2.24) is 10.2 Å². The molecule has 1 aliphatic heterocycles. The van der Waals surface area contributed by atoms with Gasteiger partial charge in [0.15, 0.2) is 0 Å². The number of nitriles is 1. The molecule has 0 spiro atoms. The number of rotatable bonds is 3. The highest BCUT2D eigenvalue weighted by atomic mass is 15.2. The first-order valence-corrected chi connectivity index (χ1v) is 6.19. The summed E-state index contributed by atoms with van der Waals surface area (Å²) in [4.78, 5) is 2.37. The Morgan fingerprint density at radius 3 is 2.71 bits per heavy atom. The zero-order chi connectivity index (χ0) is 12.1. The molecule has 1 atom stereocenters. The molecular weight excluding hydrogens is 210 g/mol. The number of nitrogens with one attached hydrogen (secondary N) is 1. The van der Waals surface area contributed by atoms with Crippen LogP contribution in [0.5, 0.6) is 0 Å². The van der Waals surface area contributed by atoms with E-state index in [1.807, 2.05) is 12.1 Å². The van der Waals surface area contributed by atoms with E-state index in [1.54, 1.807) is 0 Å². The van der Waals surface area contributed by atoms with E-state index in [9.17, 15) is 5.26 Å². The highest BCUT2D eigenvalue weighted by Crippen LogP contribution is 2.20. The van der Waals surface area contributed by atoms with E-state index in [1.165, 1.54) is 11.1 Å². The Morgan fingerprint density at radius 2 is 2.06 bits per heavy atom. The van der Waals surface area contributed by atoms with Crippen molar-refractivity contribution in [1.29, 1.82) is 5.26 Å². The topological polar surface area (TPSA) is 39.1 Å². The Labute approximate surface area is 103 Å². The van der Waals surface area contributed by atoms with Crippen LogP contribution in [0.1, 0.15) is 17.0 Å². The second-order valence-corrected chi connectivity index (χ2v) is 4.59. The predicted molar refractivity (Wildman–Crippen MR) is 68.8 cm³/mol. The summed E-state index contributed by atoms with van der Waals surface area (Å²) in [5.41, 5.74) is 2.39. The minimum Gasteiger partial charge on any atom is -0.314 e. The third-order valence-electron chi connectivity index (χ3n) is 3.37. The average molecular weight is 229 g/mol. The van der Waals surface area contributed by atoms with Gasteiger partial charge in [0.2, 0.25) is 0 Å². The number of aryl methyl sites for hydroxylation is 1. The first-order valence-electron chi connectivity index (χ1n) is 6.19. The van der Waals surface area contributed by atoms with E-state index in [0.29, 0.717) is 0 Å². The maximum Gasteiger partial charge on any atom is 0.0842 e. The molecule has 1 heterocycles. The summed E-state index contributed by atoms with van der Waals surface area (Å²) in [6, 6.07) is 10.6. The maximum absolute atomic E-state index is 9.34. The second kappa shape index (κ2) is 5.81. The summed E-state index contributed by atoms with van der Waals surface area (Å²) >= 11 is 0. The Bertz CT molecular complexity index is 402. The van der Waals surface area contributed by atoms with Crippen molar-refractivity contribution in [3.63, 3.8) is 0 Å². The number of nitrogens with zero attached hydrogens (tertiary/aromatic N) is 2. The van der Waals surface area contributed by atoms with Crippen LogP contribution in [0.4, 0.5) is 0 Å². The molecule has 1 aromatic rings. The van der Waals surface area contributed by atoms with Crippen LogP contribution >= 0.6 is 0 Å². The standard InChI is InChI=1S/C14H19N3/c1-12-4-2-3-5-14(12)13(10-15)11-17-8-6-16-7-9-17/h2-5,13,16H,6-9,11H2,1H3. The first kappa shape index (κ1) is 12.1. The predicted octanol–water partition coefficient (Wildman–Crippen LogP) is 1.51. The SMILES string of the molecule is Cc1ccccc1C(C#N)CN1CCNCC1. The highest BCUT2D eigenvalue weighted by Gasteiger charge is 2.18. The van der Waals surface area contributed by atoms with Crippen LogP contribution in [-0.4, -0.2) is 37.6 Å². The lowest BCUT2D eigenvalue weighted by Crippen LogP contribution is -2.44. The zero-order valence-electron chi connectivity index (χ0n) is 10.3. The maximum atomic E-state index is 9.34. The van der Waals surface area contributed by atoms with Gasteiger partial charge in [-0.1, -0.05) is 24.3 Å². The fourth-order valence-electron chi connectivity index (χ4n) is 2.34. The van der Waals surface area contributed by atoms with Crippen molar-refractivity contribution in [3.8, 4) is 6.07 Å². The van der Waals surface area contributed by atoms with Crippen molar-refractivity contribution >= 4 is 0 Å². The molecule has 17 heavy (non-hydrogen) atoms. The first-order chi connectivity index (χ1) is 8.31. The molecule has 1 N–H and O–H groups in total. The second-order valence-electron chi connectivity index (χ2n) is 4.59. The minimum atomic E-state index is -0.00528. The van der Waals surface area contributed by atoms with Gasteiger partial charge in [-0.05, 0) is 18.1 Å². The fourth-order valence-corrected chi connectivity index (χ4v) is 2.34. The van der Waals surface area contributed by atoms with E-state index in [2.05, 4.69) is 35.3 Å². The molecule has 1 fully saturated rings. The van der Waals surface area contributed by atoms with E-state index in [-0.39, 0.29) is 5.92 Å². The molecule has 0 bridgehead atoms. The summed E-state index contributed by atoms with van der Waals surface area (Å²) in [5.74, 6) is -0.00528. The molecule has 2 rings (SSSR count). The lowest BCUT2D eigenvalue weighted by molar-refractivity contribution is 0.237. The van der Waals surface area contributed by atoms with Crippen molar-refractivity contribution in [2.45, 2.75) is 12.8 Å². The smallest absolute Gasteiger partial charge is 0.0842 e. The Balaban J connectivity index is 2.06. The lowest BCUT2D eigenvalue weighted by Gasteiger charge is -2.29.